The zero-order valence-corrected chi connectivity index (χ0v) is 18.2. The number of imidazole rings is 1. The summed E-state index contributed by atoms with van der Waals surface area (Å²) in [4.78, 5) is 17.6. The number of rotatable bonds is 6. The second-order valence-corrected chi connectivity index (χ2v) is 7.60. The van der Waals surface area contributed by atoms with Gasteiger partial charge in [-0.15, -0.1) is 0 Å². The highest BCUT2D eigenvalue weighted by molar-refractivity contribution is 6.31. The smallest absolute Gasteiger partial charge is 0.259 e. The van der Waals surface area contributed by atoms with Crippen molar-refractivity contribution in [3.63, 3.8) is 0 Å². The third-order valence-corrected chi connectivity index (χ3v) is 5.37. The van der Waals surface area contributed by atoms with Gasteiger partial charge < -0.3 is 19.2 Å². The van der Waals surface area contributed by atoms with Crippen molar-refractivity contribution in [1.82, 2.24) is 9.38 Å². The van der Waals surface area contributed by atoms with Crippen LogP contribution >= 0.6 is 11.6 Å². The quantitative estimate of drug-likeness (QED) is 0.437. The second-order valence-electron chi connectivity index (χ2n) is 7.19. The molecule has 1 amide bonds. The van der Waals surface area contributed by atoms with E-state index in [0.29, 0.717) is 27.8 Å². The third kappa shape index (κ3) is 4.34. The molecule has 2 heterocycles. The van der Waals surface area contributed by atoms with E-state index in [9.17, 15) is 4.79 Å². The van der Waals surface area contributed by atoms with Gasteiger partial charge in [-0.05, 0) is 49.2 Å². The Labute approximate surface area is 185 Å². The highest BCUT2D eigenvalue weighted by Crippen LogP contribution is 2.32. The molecule has 0 bridgehead atoms. The first kappa shape index (κ1) is 20.8. The topological polar surface area (TPSA) is 64.9 Å². The molecule has 0 unspecified atom stereocenters. The van der Waals surface area contributed by atoms with Crippen LogP contribution in [0.5, 0.6) is 11.5 Å². The molecular weight excluding hydrogens is 414 g/mol. The first-order valence-electron chi connectivity index (χ1n) is 9.77. The number of ether oxygens (including phenoxy) is 2. The number of pyridine rings is 1. The monoisotopic (exact) mass is 435 g/mol. The Morgan fingerprint density at radius 2 is 1.90 bits per heavy atom. The van der Waals surface area contributed by atoms with Crippen LogP contribution in [0.1, 0.15) is 27.2 Å². The molecule has 4 aromatic rings. The number of nitrogens with one attached hydrogen (secondary N) is 1. The van der Waals surface area contributed by atoms with Gasteiger partial charge in [0.25, 0.3) is 5.91 Å². The van der Waals surface area contributed by atoms with Crippen molar-refractivity contribution in [2.75, 3.05) is 12.4 Å². The molecule has 0 aliphatic heterocycles. The molecule has 6 nitrogen and oxygen atoms in total. The predicted molar refractivity (Wildman–Crippen MR) is 121 cm³/mol. The fraction of sp³-hybridized carbons (Fsp3) is 0.167. The lowest BCUT2D eigenvalue weighted by Gasteiger charge is -2.14. The summed E-state index contributed by atoms with van der Waals surface area (Å²) < 4.78 is 13.3. The minimum Gasteiger partial charge on any atom is -0.495 e. The van der Waals surface area contributed by atoms with Gasteiger partial charge >= 0.3 is 0 Å². The van der Waals surface area contributed by atoms with Gasteiger partial charge in [-0.2, -0.15) is 0 Å². The lowest BCUT2D eigenvalue weighted by molar-refractivity contribution is 0.102. The lowest BCUT2D eigenvalue weighted by Crippen LogP contribution is -2.14. The van der Waals surface area contributed by atoms with Crippen LogP contribution in [0.3, 0.4) is 0 Å². The molecule has 0 saturated carbocycles. The van der Waals surface area contributed by atoms with Crippen LogP contribution in [0, 0.1) is 13.8 Å². The molecule has 7 heteroatoms. The number of aromatic nitrogens is 2. The number of nitrogens with zero attached hydrogens (tertiary/aromatic N) is 2. The number of para-hydroxylation sites is 1. The first-order valence-corrected chi connectivity index (χ1v) is 10.1. The van der Waals surface area contributed by atoms with Crippen LogP contribution in [0.4, 0.5) is 5.69 Å². The second kappa shape index (κ2) is 8.70. The predicted octanol–water partition coefficient (Wildman–Crippen LogP) is 5.44. The van der Waals surface area contributed by atoms with Crippen LogP contribution in [0.15, 0.2) is 60.9 Å². The molecule has 4 rings (SSSR count). The Morgan fingerprint density at radius 1 is 1.10 bits per heavy atom. The number of fused-ring (bicyclic) bond motifs is 1. The minimum atomic E-state index is -0.304. The maximum absolute atomic E-state index is 13.0. The number of hydrogen-bond acceptors (Lipinski definition) is 4. The molecular formula is C24H22ClN3O3. The summed E-state index contributed by atoms with van der Waals surface area (Å²) in [5.41, 5.74) is 4.54. The van der Waals surface area contributed by atoms with Gasteiger partial charge in [0.1, 0.15) is 23.8 Å². The number of benzene rings is 2. The van der Waals surface area contributed by atoms with E-state index in [1.54, 1.807) is 30.3 Å². The van der Waals surface area contributed by atoms with Crippen LogP contribution in [-0.4, -0.2) is 22.4 Å². The normalized spacial score (nSPS) is 10.8. The third-order valence-electron chi connectivity index (χ3n) is 4.96. The van der Waals surface area contributed by atoms with E-state index < -0.39 is 0 Å². The fourth-order valence-electron chi connectivity index (χ4n) is 3.33. The van der Waals surface area contributed by atoms with E-state index in [-0.39, 0.29) is 12.5 Å². The van der Waals surface area contributed by atoms with Gasteiger partial charge in [-0.3, -0.25) is 4.79 Å². The summed E-state index contributed by atoms with van der Waals surface area (Å²) >= 11 is 6.16. The van der Waals surface area contributed by atoms with Crippen LogP contribution in [0.25, 0.3) is 5.65 Å². The van der Waals surface area contributed by atoms with Crippen molar-refractivity contribution in [2.45, 2.75) is 20.5 Å². The number of halogens is 1. The average Bonchev–Trinajstić information content (AvgIpc) is 3.19. The molecule has 0 aliphatic rings. The van der Waals surface area contributed by atoms with Gasteiger partial charge in [0.15, 0.2) is 0 Å². The SMILES string of the molecule is COc1cc(Cl)c(C)cc1NC(=O)c1ccccc1OCc1cn2cccc(C)c2n1. The lowest BCUT2D eigenvalue weighted by atomic mass is 10.1. The Bertz CT molecular complexity index is 1270. The number of anilines is 1. The van der Waals surface area contributed by atoms with E-state index >= 15 is 0 Å². The summed E-state index contributed by atoms with van der Waals surface area (Å²) in [6.45, 7) is 4.12. The summed E-state index contributed by atoms with van der Waals surface area (Å²) in [6.07, 6.45) is 3.87. The van der Waals surface area contributed by atoms with Gasteiger partial charge in [0.05, 0.1) is 24.1 Å². The van der Waals surface area contributed by atoms with E-state index in [4.69, 9.17) is 21.1 Å². The number of methoxy groups -OCH3 is 1. The maximum atomic E-state index is 13.0. The molecule has 1 N–H and O–H groups in total. The number of carbonyl (C=O) groups is 1. The fourth-order valence-corrected chi connectivity index (χ4v) is 3.48. The molecule has 2 aromatic heterocycles. The molecule has 0 radical (unpaired) electrons. The van der Waals surface area contributed by atoms with E-state index in [2.05, 4.69) is 10.3 Å². The summed E-state index contributed by atoms with van der Waals surface area (Å²) in [5, 5.41) is 3.46. The molecule has 0 atom stereocenters. The molecule has 0 fully saturated rings. The standard InChI is InChI=1S/C24H22ClN3O3/c1-15-7-6-10-28-13-17(26-23(15)28)14-31-21-9-5-4-8-18(21)24(29)27-20-11-16(2)19(25)12-22(20)30-3/h4-13H,14H2,1-3H3,(H,27,29). The van der Waals surface area contributed by atoms with Gasteiger partial charge in [0.2, 0.25) is 0 Å². The molecule has 0 spiro atoms. The summed E-state index contributed by atoms with van der Waals surface area (Å²) in [6, 6.07) is 14.5. The van der Waals surface area contributed by atoms with Crippen molar-refractivity contribution in [3.05, 3.63) is 88.3 Å². The maximum Gasteiger partial charge on any atom is 0.259 e. The van der Waals surface area contributed by atoms with Gasteiger partial charge in [0, 0.05) is 23.5 Å². The number of amides is 1. The van der Waals surface area contributed by atoms with Gasteiger partial charge in [-0.1, -0.05) is 29.8 Å². The van der Waals surface area contributed by atoms with Gasteiger partial charge in [-0.25, -0.2) is 4.98 Å². The Kier molecular flexibility index (Phi) is 5.82. The Balaban J connectivity index is 1.55. The highest BCUT2D eigenvalue weighted by Gasteiger charge is 2.16. The first-order chi connectivity index (χ1) is 15.0. The minimum absolute atomic E-state index is 0.245. The molecule has 0 saturated heterocycles. The average molecular weight is 436 g/mol. The zero-order chi connectivity index (χ0) is 22.0. The summed E-state index contributed by atoms with van der Waals surface area (Å²) in [7, 11) is 1.53. The number of carbonyl (C=O) groups excluding carboxylic acids is 1. The van der Waals surface area contributed by atoms with E-state index in [1.165, 1.54) is 7.11 Å². The van der Waals surface area contributed by atoms with Crippen LogP contribution < -0.4 is 14.8 Å². The van der Waals surface area contributed by atoms with Crippen molar-refractivity contribution in [1.29, 1.82) is 0 Å². The molecule has 158 valence electrons. The molecule has 2 aromatic carbocycles. The molecule has 31 heavy (non-hydrogen) atoms. The van der Waals surface area contributed by atoms with Crippen molar-refractivity contribution >= 4 is 28.8 Å². The summed E-state index contributed by atoms with van der Waals surface area (Å²) in [5.74, 6) is 0.655. The number of aryl methyl sites for hydroxylation is 2. The largest absolute Gasteiger partial charge is 0.495 e. The van der Waals surface area contributed by atoms with E-state index in [1.807, 2.05) is 48.8 Å². The van der Waals surface area contributed by atoms with Crippen LogP contribution in [0.2, 0.25) is 5.02 Å². The molecule has 0 aliphatic carbocycles. The van der Waals surface area contributed by atoms with E-state index in [0.717, 1.165) is 22.5 Å². The zero-order valence-electron chi connectivity index (χ0n) is 17.5. The Morgan fingerprint density at radius 3 is 2.68 bits per heavy atom. The van der Waals surface area contributed by atoms with Crippen LogP contribution in [-0.2, 0) is 6.61 Å². The van der Waals surface area contributed by atoms with Crippen molar-refractivity contribution in [3.8, 4) is 11.5 Å². The van der Waals surface area contributed by atoms with Crippen molar-refractivity contribution in [2.24, 2.45) is 0 Å². The number of hydrogen-bond donors (Lipinski definition) is 1. The van der Waals surface area contributed by atoms with Crippen molar-refractivity contribution < 1.29 is 14.3 Å². The highest BCUT2D eigenvalue weighted by atomic mass is 35.5. The Hall–Kier alpha value is -3.51.